The van der Waals surface area contributed by atoms with Crippen LogP contribution in [-0.2, 0) is 14.1 Å². The number of carbonyl (C=O) groups is 1. The van der Waals surface area contributed by atoms with Crippen LogP contribution >= 0.6 is 7.14 Å². The molecule has 0 aliphatic heterocycles. The van der Waals surface area contributed by atoms with Gasteiger partial charge in [-0.15, -0.1) is 0 Å². The summed E-state index contributed by atoms with van der Waals surface area (Å²) in [4.78, 5) is 11.7. The number of hydrogen-bond acceptors (Lipinski definition) is 3. The predicted octanol–water partition coefficient (Wildman–Crippen LogP) is 4.30. The lowest BCUT2D eigenvalue weighted by molar-refractivity contribution is -0.145. The number of ether oxygens (including phenoxy) is 1. The first-order valence-corrected chi connectivity index (χ1v) is 10.4. The van der Waals surface area contributed by atoms with Crippen LogP contribution in [0.5, 0.6) is 0 Å². The van der Waals surface area contributed by atoms with Gasteiger partial charge in [-0.05, 0) is 5.56 Å². The second-order valence-electron chi connectivity index (χ2n) is 6.10. The molecule has 0 bridgehead atoms. The Morgan fingerprint density at radius 3 is 1.65 bits per heavy atom. The van der Waals surface area contributed by atoms with Gasteiger partial charge in [0.1, 0.15) is 13.2 Å². The molecule has 1 unspecified atom stereocenters. The van der Waals surface area contributed by atoms with E-state index in [4.69, 9.17) is 4.74 Å². The molecular formula is C22H21O3P. The molecule has 0 spiro atoms. The zero-order valence-corrected chi connectivity index (χ0v) is 15.5. The second-order valence-corrected chi connectivity index (χ2v) is 8.98. The molecule has 0 fully saturated rings. The third-order valence-electron chi connectivity index (χ3n) is 4.25. The SMILES string of the molecule is CC(=O)OC(CP(=O)(c1ccccc1)c1ccccc1)c1ccccc1. The van der Waals surface area contributed by atoms with Crippen LogP contribution in [-0.4, -0.2) is 12.1 Å². The number of carbonyl (C=O) groups excluding carboxylic acids is 1. The van der Waals surface area contributed by atoms with Crippen molar-refractivity contribution < 1.29 is 14.1 Å². The van der Waals surface area contributed by atoms with E-state index in [1.807, 2.05) is 91.0 Å². The van der Waals surface area contributed by atoms with Crippen molar-refractivity contribution in [1.29, 1.82) is 0 Å². The van der Waals surface area contributed by atoms with Crippen LogP contribution in [0.1, 0.15) is 18.6 Å². The molecule has 0 radical (unpaired) electrons. The molecule has 0 aliphatic carbocycles. The molecule has 0 aromatic heterocycles. The Bertz CT molecular complexity index is 849. The van der Waals surface area contributed by atoms with E-state index in [-0.39, 0.29) is 12.1 Å². The molecule has 26 heavy (non-hydrogen) atoms. The average Bonchev–Trinajstić information content (AvgIpc) is 2.69. The largest absolute Gasteiger partial charge is 0.457 e. The molecule has 132 valence electrons. The minimum absolute atomic E-state index is 0.227. The summed E-state index contributed by atoms with van der Waals surface area (Å²) < 4.78 is 19.8. The average molecular weight is 364 g/mol. The van der Waals surface area contributed by atoms with Gasteiger partial charge >= 0.3 is 5.97 Å². The van der Waals surface area contributed by atoms with Gasteiger partial charge in [0.2, 0.25) is 0 Å². The highest BCUT2D eigenvalue weighted by atomic mass is 31.2. The first-order valence-electron chi connectivity index (χ1n) is 8.52. The first-order chi connectivity index (χ1) is 12.6. The third-order valence-corrected chi connectivity index (χ3v) is 7.36. The maximum Gasteiger partial charge on any atom is 0.303 e. The van der Waals surface area contributed by atoms with E-state index in [1.54, 1.807) is 0 Å². The fourth-order valence-electron chi connectivity index (χ4n) is 3.01. The summed E-state index contributed by atoms with van der Waals surface area (Å²) in [5.74, 6) is -0.383. The second kappa shape index (κ2) is 8.16. The zero-order chi connectivity index (χ0) is 18.4. The minimum Gasteiger partial charge on any atom is -0.457 e. The van der Waals surface area contributed by atoms with E-state index in [0.29, 0.717) is 0 Å². The number of esters is 1. The fraction of sp³-hybridized carbons (Fsp3) is 0.136. The lowest BCUT2D eigenvalue weighted by Gasteiger charge is -2.25. The van der Waals surface area contributed by atoms with Crippen molar-refractivity contribution in [2.45, 2.75) is 13.0 Å². The third kappa shape index (κ3) is 4.12. The summed E-state index contributed by atoms with van der Waals surface area (Å²) in [6.07, 6.45) is -0.343. The molecule has 3 aromatic carbocycles. The van der Waals surface area contributed by atoms with Gasteiger partial charge in [0.05, 0.1) is 6.16 Å². The molecule has 0 heterocycles. The van der Waals surface area contributed by atoms with Gasteiger partial charge in [0, 0.05) is 17.5 Å². The maximum atomic E-state index is 14.2. The molecule has 0 aliphatic rings. The van der Waals surface area contributed by atoms with Crippen LogP contribution < -0.4 is 10.6 Å². The van der Waals surface area contributed by atoms with Gasteiger partial charge < -0.3 is 9.30 Å². The molecule has 0 amide bonds. The summed E-state index contributed by atoms with van der Waals surface area (Å²) in [6.45, 7) is 1.38. The van der Waals surface area contributed by atoms with Crippen LogP contribution in [0.4, 0.5) is 0 Å². The van der Waals surface area contributed by atoms with Crippen molar-refractivity contribution in [3.8, 4) is 0 Å². The number of benzene rings is 3. The smallest absolute Gasteiger partial charge is 0.303 e. The number of rotatable bonds is 6. The molecular weight excluding hydrogens is 343 g/mol. The van der Waals surface area contributed by atoms with E-state index in [1.165, 1.54) is 6.92 Å². The summed E-state index contributed by atoms with van der Waals surface area (Å²) in [7, 11) is -2.98. The van der Waals surface area contributed by atoms with E-state index in [2.05, 4.69) is 0 Å². The summed E-state index contributed by atoms with van der Waals surface area (Å²) in [5.41, 5.74) is 0.842. The highest BCUT2D eigenvalue weighted by molar-refractivity contribution is 7.78. The van der Waals surface area contributed by atoms with Gasteiger partial charge in [-0.3, -0.25) is 4.79 Å². The van der Waals surface area contributed by atoms with Crippen molar-refractivity contribution in [3.05, 3.63) is 96.6 Å². The standard InChI is InChI=1S/C22H21O3P/c1-18(23)25-22(19-11-5-2-6-12-19)17-26(24,20-13-7-3-8-14-20)21-15-9-4-10-16-21/h2-16,22H,17H2,1H3. The fourth-order valence-corrected chi connectivity index (χ4v) is 5.79. The normalized spacial score (nSPS) is 12.3. The van der Waals surface area contributed by atoms with Crippen LogP contribution in [0.15, 0.2) is 91.0 Å². The van der Waals surface area contributed by atoms with Gasteiger partial charge in [0.25, 0.3) is 0 Å². The lowest BCUT2D eigenvalue weighted by Crippen LogP contribution is -2.23. The highest BCUT2D eigenvalue weighted by Gasteiger charge is 2.32. The Kier molecular flexibility index (Phi) is 5.70. The van der Waals surface area contributed by atoms with E-state index >= 15 is 0 Å². The molecule has 3 nitrogen and oxygen atoms in total. The zero-order valence-electron chi connectivity index (χ0n) is 14.6. The highest BCUT2D eigenvalue weighted by Crippen LogP contribution is 2.47. The Hall–Kier alpha value is -2.64. The van der Waals surface area contributed by atoms with Crippen LogP contribution in [0, 0.1) is 0 Å². The van der Waals surface area contributed by atoms with Gasteiger partial charge in [-0.2, -0.15) is 0 Å². The van der Waals surface area contributed by atoms with Gasteiger partial charge in [-0.1, -0.05) is 91.0 Å². The molecule has 0 saturated heterocycles. The van der Waals surface area contributed by atoms with E-state index < -0.39 is 13.2 Å². The number of hydrogen-bond donors (Lipinski definition) is 0. The Morgan fingerprint density at radius 1 is 0.808 bits per heavy atom. The summed E-state index contributed by atoms with van der Waals surface area (Å²) in [6, 6.07) is 28.3. The van der Waals surface area contributed by atoms with Crippen molar-refractivity contribution in [1.82, 2.24) is 0 Å². The molecule has 4 heteroatoms. The summed E-state index contributed by atoms with van der Waals surface area (Å²) in [5, 5.41) is 1.53. The minimum atomic E-state index is -2.98. The topological polar surface area (TPSA) is 43.4 Å². The predicted molar refractivity (Wildman–Crippen MR) is 106 cm³/mol. The molecule has 3 rings (SSSR count). The van der Waals surface area contributed by atoms with Crippen molar-refractivity contribution in [2.24, 2.45) is 0 Å². The van der Waals surface area contributed by atoms with E-state index in [0.717, 1.165) is 16.2 Å². The van der Waals surface area contributed by atoms with Crippen molar-refractivity contribution in [3.63, 3.8) is 0 Å². The lowest BCUT2D eigenvalue weighted by atomic mass is 10.1. The molecule has 0 saturated carbocycles. The summed E-state index contributed by atoms with van der Waals surface area (Å²) >= 11 is 0. The van der Waals surface area contributed by atoms with Crippen LogP contribution in [0.25, 0.3) is 0 Å². The molecule has 1 atom stereocenters. The molecule has 3 aromatic rings. The van der Waals surface area contributed by atoms with Crippen LogP contribution in [0.2, 0.25) is 0 Å². The van der Waals surface area contributed by atoms with Crippen molar-refractivity contribution in [2.75, 3.05) is 6.16 Å². The first kappa shape index (κ1) is 18.2. The Labute approximate surface area is 154 Å². The van der Waals surface area contributed by atoms with E-state index in [9.17, 15) is 9.36 Å². The monoisotopic (exact) mass is 364 g/mol. The van der Waals surface area contributed by atoms with Crippen LogP contribution in [0.3, 0.4) is 0 Å². The van der Waals surface area contributed by atoms with Gasteiger partial charge in [0.15, 0.2) is 0 Å². The van der Waals surface area contributed by atoms with Crippen molar-refractivity contribution >= 4 is 23.7 Å². The Morgan fingerprint density at radius 2 is 1.23 bits per heavy atom. The Balaban J connectivity index is 2.07. The van der Waals surface area contributed by atoms with Gasteiger partial charge in [-0.25, -0.2) is 0 Å². The quantitative estimate of drug-likeness (QED) is 0.484. The maximum absolute atomic E-state index is 14.2. The molecule has 0 N–H and O–H groups in total.